The number of nitrogens with zero attached hydrogens (tertiary/aromatic N) is 1. The number of benzene rings is 3. The van der Waals surface area contributed by atoms with E-state index in [4.69, 9.17) is 18.9 Å². The number of hydrazone groups is 1. The highest BCUT2D eigenvalue weighted by molar-refractivity contribution is 14.1. The van der Waals surface area contributed by atoms with Gasteiger partial charge in [0.1, 0.15) is 23.9 Å². The van der Waals surface area contributed by atoms with Gasteiger partial charge in [-0.2, -0.15) is 5.10 Å². The van der Waals surface area contributed by atoms with E-state index >= 15 is 0 Å². The molecule has 0 heterocycles. The van der Waals surface area contributed by atoms with Gasteiger partial charge in [0.15, 0.2) is 11.5 Å². The zero-order valence-corrected chi connectivity index (χ0v) is 20.4. The van der Waals surface area contributed by atoms with E-state index in [1.165, 1.54) is 33.6 Å². The topological polar surface area (TPSA) is 78.4 Å². The molecule has 0 aliphatic carbocycles. The van der Waals surface area contributed by atoms with Crippen molar-refractivity contribution >= 4 is 34.7 Å². The van der Waals surface area contributed by atoms with Crippen molar-refractivity contribution in [2.75, 3.05) is 21.3 Å². The average Bonchev–Trinajstić information content (AvgIpc) is 2.83. The highest BCUT2D eigenvalue weighted by atomic mass is 127. The van der Waals surface area contributed by atoms with E-state index in [0.29, 0.717) is 39.7 Å². The maximum atomic E-state index is 13.9. The van der Waals surface area contributed by atoms with Crippen molar-refractivity contribution in [1.29, 1.82) is 0 Å². The molecule has 3 aromatic carbocycles. The lowest BCUT2D eigenvalue weighted by Crippen LogP contribution is -2.17. The van der Waals surface area contributed by atoms with Gasteiger partial charge in [-0.3, -0.25) is 4.79 Å². The quantitative estimate of drug-likeness (QED) is 0.230. The molecule has 0 bridgehead atoms. The van der Waals surface area contributed by atoms with Crippen LogP contribution in [0.4, 0.5) is 4.39 Å². The largest absolute Gasteiger partial charge is 0.497 e. The molecule has 0 saturated heterocycles. The molecule has 0 radical (unpaired) electrons. The Hall–Kier alpha value is -3.34. The second-order valence-corrected chi connectivity index (χ2v) is 7.88. The number of nitrogens with one attached hydrogen (secondary N) is 1. The Morgan fingerprint density at radius 1 is 1.03 bits per heavy atom. The van der Waals surface area contributed by atoms with Crippen LogP contribution in [-0.2, 0) is 6.61 Å². The van der Waals surface area contributed by atoms with Gasteiger partial charge >= 0.3 is 0 Å². The molecule has 0 atom stereocenters. The maximum absolute atomic E-state index is 13.9. The van der Waals surface area contributed by atoms with Crippen LogP contribution in [0.1, 0.15) is 21.5 Å². The molecule has 1 N–H and O–H groups in total. The average molecular weight is 564 g/mol. The number of carbonyl (C=O) groups is 1. The molecule has 0 unspecified atom stereocenters. The Morgan fingerprint density at radius 2 is 1.73 bits per heavy atom. The third kappa shape index (κ3) is 6.35. The van der Waals surface area contributed by atoms with Crippen LogP contribution in [0.5, 0.6) is 23.0 Å². The van der Waals surface area contributed by atoms with Crippen molar-refractivity contribution in [1.82, 2.24) is 5.43 Å². The van der Waals surface area contributed by atoms with Crippen molar-refractivity contribution in [2.45, 2.75) is 6.61 Å². The minimum absolute atomic E-state index is 0.0620. The van der Waals surface area contributed by atoms with E-state index in [9.17, 15) is 9.18 Å². The van der Waals surface area contributed by atoms with Gasteiger partial charge in [-0.25, -0.2) is 9.82 Å². The summed E-state index contributed by atoms with van der Waals surface area (Å²) < 4.78 is 36.2. The third-order valence-electron chi connectivity index (χ3n) is 4.57. The van der Waals surface area contributed by atoms with Gasteiger partial charge in [-0.1, -0.05) is 18.2 Å². The van der Waals surface area contributed by atoms with E-state index < -0.39 is 5.91 Å². The number of hydrogen-bond donors (Lipinski definition) is 1. The van der Waals surface area contributed by atoms with Gasteiger partial charge in [0.05, 0.1) is 31.1 Å². The van der Waals surface area contributed by atoms with Gasteiger partial charge in [-0.15, -0.1) is 0 Å². The smallest absolute Gasteiger partial charge is 0.271 e. The fourth-order valence-corrected chi connectivity index (χ4v) is 3.67. The molecule has 0 aromatic heterocycles. The molecule has 33 heavy (non-hydrogen) atoms. The number of halogens is 2. The van der Waals surface area contributed by atoms with Crippen LogP contribution in [-0.4, -0.2) is 33.5 Å². The number of ether oxygens (including phenoxy) is 4. The lowest BCUT2D eigenvalue weighted by molar-refractivity contribution is 0.0954. The summed E-state index contributed by atoms with van der Waals surface area (Å²) in [6.45, 7) is 0.0620. The van der Waals surface area contributed by atoms with Crippen LogP contribution >= 0.6 is 22.6 Å². The predicted octanol–water partition coefficient (Wildman–Crippen LogP) is 4.80. The standard InChI is InChI=1S/C24H22FIN2O5/c1-30-18-10-17(11-19(12-18)31-2)24(29)28-27-13-15-8-21(26)23(22(9-15)32-3)33-14-16-6-4-5-7-20(16)25/h4-13H,14H2,1-3H3,(H,28,29)/b27-13-. The second kappa shape index (κ2) is 11.5. The Kier molecular flexibility index (Phi) is 8.47. The van der Waals surface area contributed by atoms with E-state index in [-0.39, 0.29) is 12.4 Å². The van der Waals surface area contributed by atoms with Gasteiger partial charge < -0.3 is 18.9 Å². The first-order valence-corrected chi connectivity index (χ1v) is 10.8. The number of amides is 1. The van der Waals surface area contributed by atoms with Gasteiger partial charge in [0, 0.05) is 17.2 Å². The van der Waals surface area contributed by atoms with Crippen LogP contribution in [0.15, 0.2) is 59.7 Å². The molecule has 9 heteroatoms. The van der Waals surface area contributed by atoms with Crippen molar-refractivity contribution < 1.29 is 28.1 Å². The molecular weight excluding hydrogens is 542 g/mol. The highest BCUT2D eigenvalue weighted by Gasteiger charge is 2.13. The first-order chi connectivity index (χ1) is 15.9. The fraction of sp³-hybridized carbons (Fsp3) is 0.167. The summed E-state index contributed by atoms with van der Waals surface area (Å²) in [5.41, 5.74) is 3.94. The molecule has 7 nitrogen and oxygen atoms in total. The molecule has 0 aliphatic heterocycles. The van der Waals surface area contributed by atoms with Crippen LogP contribution in [0.25, 0.3) is 0 Å². The van der Waals surface area contributed by atoms with Crippen LogP contribution in [0.3, 0.4) is 0 Å². The second-order valence-electron chi connectivity index (χ2n) is 6.71. The van der Waals surface area contributed by atoms with E-state index in [1.54, 1.807) is 42.5 Å². The molecule has 0 saturated carbocycles. The Labute approximate surface area is 204 Å². The zero-order valence-electron chi connectivity index (χ0n) is 18.2. The van der Waals surface area contributed by atoms with E-state index in [2.05, 4.69) is 33.1 Å². The minimum Gasteiger partial charge on any atom is -0.497 e. The summed E-state index contributed by atoms with van der Waals surface area (Å²) in [7, 11) is 4.53. The van der Waals surface area contributed by atoms with Crippen LogP contribution in [0, 0.1) is 9.39 Å². The number of hydrogen-bond acceptors (Lipinski definition) is 6. The van der Waals surface area contributed by atoms with Crippen LogP contribution in [0.2, 0.25) is 0 Å². The number of methoxy groups -OCH3 is 3. The summed E-state index contributed by atoms with van der Waals surface area (Å²) in [6.07, 6.45) is 1.49. The molecule has 0 aliphatic rings. The molecule has 3 rings (SSSR count). The zero-order chi connectivity index (χ0) is 23.8. The summed E-state index contributed by atoms with van der Waals surface area (Å²) in [6, 6.07) is 14.8. The number of carbonyl (C=O) groups excluding carboxylic acids is 1. The van der Waals surface area contributed by atoms with Crippen molar-refractivity contribution in [3.05, 3.63) is 80.7 Å². The van der Waals surface area contributed by atoms with Gasteiger partial charge in [0.2, 0.25) is 0 Å². The third-order valence-corrected chi connectivity index (χ3v) is 5.38. The van der Waals surface area contributed by atoms with Crippen molar-refractivity contribution in [3.8, 4) is 23.0 Å². The van der Waals surface area contributed by atoms with Crippen molar-refractivity contribution in [2.24, 2.45) is 5.10 Å². The van der Waals surface area contributed by atoms with Gasteiger partial charge in [0.25, 0.3) is 5.91 Å². The van der Waals surface area contributed by atoms with E-state index in [1.807, 2.05) is 6.07 Å². The Balaban J connectivity index is 1.72. The lowest BCUT2D eigenvalue weighted by Gasteiger charge is -2.14. The van der Waals surface area contributed by atoms with Gasteiger partial charge in [-0.05, 0) is 58.5 Å². The maximum Gasteiger partial charge on any atom is 0.271 e. The molecule has 0 spiro atoms. The molecule has 1 amide bonds. The molecule has 172 valence electrons. The predicted molar refractivity (Wildman–Crippen MR) is 131 cm³/mol. The first kappa shape index (κ1) is 24.3. The molecule has 0 fully saturated rings. The molecule has 3 aromatic rings. The van der Waals surface area contributed by atoms with Crippen LogP contribution < -0.4 is 24.4 Å². The summed E-state index contributed by atoms with van der Waals surface area (Å²) in [5.74, 6) is 1.19. The Bertz CT molecular complexity index is 1150. The Morgan fingerprint density at radius 3 is 2.36 bits per heavy atom. The summed E-state index contributed by atoms with van der Waals surface area (Å²) in [5, 5.41) is 4.02. The summed E-state index contributed by atoms with van der Waals surface area (Å²) in [4.78, 5) is 12.4. The minimum atomic E-state index is -0.421. The lowest BCUT2D eigenvalue weighted by atomic mass is 10.2. The normalized spacial score (nSPS) is 10.7. The van der Waals surface area contributed by atoms with E-state index in [0.717, 1.165) is 3.57 Å². The molecular formula is C24H22FIN2O5. The SMILES string of the molecule is COc1cc(OC)cc(C(=O)N/N=C\c2cc(I)c(OCc3ccccc3F)c(OC)c2)c1. The fourth-order valence-electron chi connectivity index (χ4n) is 2.89. The summed E-state index contributed by atoms with van der Waals surface area (Å²) >= 11 is 2.10. The monoisotopic (exact) mass is 564 g/mol. The first-order valence-electron chi connectivity index (χ1n) is 9.75. The van der Waals surface area contributed by atoms with Crippen molar-refractivity contribution in [3.63, 3.8) is 0 Å². The number of rotatable bonds is 9. The highest BCUT2D eigenvalue weighted by Crippen LogP contribution is 2.34.